The molecule has 0 radical (unpaired) electrons. The number of ether oxygens (including phenoxy) is 2. The number of fused-ring (bicyclic) bond motifs is 3. The van der Waals surface area contributed by atoms with Crippen molar-refractivity contribution in [1.82, 2.24) is 14.9 Å². The van der Waals surface area contributed by atoms with Crippen LogP contribution in [-0.2, 0) is 6.54 Å². The van der Waals surface area contributed by atoms with Gasteiger partial charge < -0.3 is 14.6 Å². The molecular weight excluding hydrogens is 362 g/mol. The molecule has 3 heterocycles. The molecule has 1 aromatic heterocycles. The molecule has 2 aliphatic heterocycles. The summed E-state index contributed by atoms with van der Waals surface area (Å²) in [4.78, 5) is 11.2. The third-order valence-corrected chi connectivity index (χ3v) is 6.26. The first-order valence-corrected chi connectivity index (χ1v) is 10.2. The molecule has 2 aliphatic rings. The molecular formula is C20H25N3O3S. The highest BCUT2D eigenvalue weighted by Crippen LogP contribution is 2.50. The molecule has 2 aromatic rings. The van der Waals surface area contributed by atoms with E-state index < -0.39 is 0 Å². The second kappa shape index (κ2) is 7.66. The van der Waals surface area contributed by atoms with Gasteiger partial charge in [-0.1, -0.05) is 24.8 Å². The molecule has 1 saturated heterocycles. The Labute approximate surface area is 163 Å². The van der Waals surface area contributed by atoms with Gasteiger partial charge in [-0.3, -0.25) is 4.90 Å². The highest BCUT2D eigenvalue weighted by atomic mass is 32.2. The van der Waals surface area contributed by atoms with E-state index >= 15 is 0 Å². The lowest BCUT2D eigenvalue weighted by molar-refractivity contribution is 0.0456. The van der Waals surface area contributed by atoms with E-state index in [4.69, 9.17) is 9.47 Å². The van der Waals surface area contributed by atoms with Crippen molar-refractivity contribution in [3.05, 3.63) is 41.7 Å². The Bertz CT molecular complexity index is 802. The summed E-state index contributed by atoms with van der Waals surface area (Å²) in [7, 11) is 1.66. The Kier molecular flexibility index (Phi) is 5.25. The molecule has 2 atom stereocenters. The maximum Gasteiger partial charge on any atom is 0.187 e. The fourth-order valence-corrected chi connectivity index (χ4v) is 4.65. The summed E-state index contributed by atoms with van der Waals surface area (Å²) in [6.45, 7) is 5.19. The number of methoxy groups -OCH3 is 1. The SMILES string of the molecule is CCSc1ncc(CN2CC3c4ccc(OC)cc4OCC3(CO)C2)cn1. The molecule has 6 nitrogen and oxygen atoms in total. The zero-order valence-electron chi connectivity index (χ0n) is 15.7. The van der Waals surface area contributed by atoms with Crippen molar-refractivity contribution in [2.45, 2.75) is 24.5 Å². The maximum atomic E-state index is 10.2. The van der Waals surface area contributed by atoms with Crippen LogP contribution >= 0.6 is 11.8 Å². The van der Waals surface area contributed by atoms with Gasteiger partial charge in [0.15, 0.2) is 5.16 Å². The smallest absolute Gasteiger partial charge is 0.187 e. The molecule has 0 amide bonds. The maximum absolute atomic E-state index is 10.2. The van der Waals surface area contributed by atoms with Gasteiger partial charge in [0.1, 0.15) is 11.5 Å². The van der Waals surface area contributed by atoms with E-state index in [2.05, 4.69) is 27.9 Å². The topological polar surface area (TPSA) is 67.7 Å². The van der Waals surface area contributed by atoms with Crippen molar-refractivity contribution in [1.29, 1.82) is 0 Å². The Morgan fingerprint density at radius 2 is 2.19 bits per heavy atom. The van der Waals surface area contributed by atoms with Crippen molar-refractivity contribution in [2.24, 2.45) is 5.41 Å². The zero-order chi connectivity index (χ0) is 18.9. The van der Waals surface area contributed by atoms with E-state index in [-0.39, 0.29) is 17.9 Å². The van der Waals surface area contributed by atoms with Gasteiger partial charge >= 0.3 is 0 Å². The highest BCUT2D eigenvalue weighted by molar-refractivity contribution is 7.99. The van der Waals surface area contributed by atoms with E-state index in [0.717, 1.165) is 53.2 Å². The van der Waals surface area contributed by atoms with Gasteiger partial charge in [0.25, 0.3) is 0 Å². The first kappa shape index (κ1) is 18.5. The van der Waals surface area contributed by atoms with Crippen LogP contribution in [0.5, 0.6) is 11.5 Å². The van der Waals surface area contributed by atoms with Crippen molar-refractivity contribution in [3.63, 3.8) is 0 Å². The van der Waals surface area contributed by atoms with Gasteiger partial charge in [-0.25, -0.2) is 9.97 Å². The number of aliphatic hydroxyl groups is 1. The first-order chi connectivity index (χ1) is 13.2. The van der Waals surface area contributed by atoms with Crippen LogP contribution in [0.3, 0.4) is 0 Å². The quantitative estimate of drug-likeness (QED) is 0.603. The summed E-state index contributed by atoms with van der Waals surface area (Å²) in [5, 5.41) is 11.0. The summed E-state index contributed by atoms with van der Waals surface area (Å²) >= 11 is 1.65. The van der Waals surface area contributed by atoms with Crippen LogP contribution in [0.2, 0.25) is 0 Å². The number of nitrogens with zero attached hydrogens (tertiary/aromatic N) is 3. The van der Waals surface area contributed by atoms with Gasteiger partial charge in [0.05, 0.1) is 20.3 Å². The van der Waals surface area contributed by atoms with Crippen LogP contribution in [0.15, 0.2) is 35.7 Å². The minimum absolute atomic E-state index is 0.113. The number of hydrogen-bond donors (Lipinski definition) is 1. The van der Waals surface area contributed by atoms with Crippen molar-refractivity contribution < 1.29 is 14.6 Å². The van der Waals surface area contributed by atoms with Gasteiger partial charge in [-0.15, -0.1) is 0 Å². The molecule has 144 valence electrons. The van der Waals surface area contributed by atoms with Crippen LogP contribution in [-0.4, -0.2) is 59.1 Å². The summed E-state index contributed by atoms with van der Waals surface area (Å²) < 4.78 is 11.3. The number of thioether (sulfide) groups is 1. The van der Waals surface area contributed by atoms with Gasteiger partial charge in [0, 0.05) is 55.0 Å². The summed E-state index contributed by atoms with van der Waals surface area (Å²) in [5.74, 6) is 2.88. The minimum atomic E-state index is -0.263. The van der Waals surface area contributed by atoms with Gasteiger partial charge in [-0.2, -0.15) is 0 Å². The van der Waals surface area contributed by atoms with Crippen LogP contribution in [0.25, 0.3) is 0 Å². The number of likely N-dealkylation sites (tertiary alicyclic amines) is 1. The molecule has 0 saturated carbocycles. The molecule has 0 spiro atoms. The normalized spacial score (nSPS) is 24.2. The average Bonchev–Trinajstić information content (AvgIpc) is 3.08. The number of aliphatic hydroxyl groups excluding tert-OH is 1. The Hall–Kier alpha value is -1.83. The lowest BCUT2D eigenvalue weighted by atomic mass is 9.74. The van der Waals surface area contributed by atoms with Crippen LogP contribution in [0.1, 0.15) is 24.0 Å². The van der Waals surface area contributed by atoms with Gasteiger partial charge in [0.2, 0.25) is 0 Å². The largest absolute Gasteiger partial charge is 0.497 e. The zero-order valence-corrected chi connectivity index (χ0v) is 16.5. The van der Waals surface area contributed by atoms with Crippen LogP contribution in [0.4, 0.5) is 0 Å². The minimum Gasteiger partial charge on any atom is -0.497 e. The molecule has 0 aliphatic carbocycles. The molecule has 4 rings (SSSR count). The third kappa shape index (κ3) is 3.51. The molecule has 1 N–H and O–H groups in total. The molecule has 7 heteroatoms. The number of benzene rings is 1. The summed E-state index contributed by atoms with van der Waals surface area (Å²) in [5.41, 5.74) is 1.99. The van der Waals surface area contributed by atoms with E-state index in [1.54, 1.807) is 18.9 Å². The second-order valence-electron chi connectivity index (χ2n) is 7.24. The monoisotopic (exact) mass is 387 g/mol. The highest BCUT2D eigenvalue weighted by Gasteiger charge is 2.50. The van der Waals surface area contributed by atoms with Crippen LogP contribution < -0.4 is 9.47 Å². The Balaban J connectivity index is 1.53. The standard InChI is InChI=1S/C20H25N3O3S/c1-3-27-19-21-7-14(8-22-19)9-23-10-17-16-5-4-15(25-2)6-18(16)26-13-20(17,11-23)12-24/h4-8,17,24H,3,9-13H2,1-2H3. The molecule has 1 aromatic carbocycles. The van der Waals surface area contributed by atoms with E-state index in [0.29, 0.717) is 6.61 Å². The van der Waals surface area contributed by atoms with Crippen LogP contribution in [0, 0.1) is 5.41 Å². The Morgan fingerprint density at radius 3 is 2.89 bits per heavy atom. The third-order valence-electron chi connectivity index (χ3n) is 5.51. The van der Waals surface area contributed by atoms with E-state index in [9.17, 15) is 5.11 Å². The fraction of sp³-hybridized carbons (Fsp3) is 0.500. The van der Waals surface area contributed by atoms with Gasteiger partial charge in [-0.05, 0) is 17.4 Å². The number of rotatable bonds is 6. The second-order valence-corrected chi connectivity index (χ2v) is 8.47. The van der Waals surface area contributed by atoms with E-state index in [1.165, 1.54) is 0 Å². The summed E-state index contributed by atoms with van der Waals surface area (Å²) in [6, 6.07) is 5.99. The Morgan fingerprint density at radius 1 is 1.37 bits per heavy atom. The number of hydrogen-bond acceptors (Lipinski definition) is 7. The lowest BCUT2D eigenvalue weighted by Crippen LogP contribution is -2.42. The molecule has 27 heavy (non-hydrogen) atoms. The molecule has 1 fully saturated rings. The molecule has 0 bridgehead atoms. The van der Waals surface area contributed by atoms with Crippen molar-refractivity contribution >= 4 is 11.8 Å². The van der Waals surface area contributed by atoms with E-state index in [1.807, 2.05) is 24.5 Å². The summed E-state index contributed by atoms with van der Waals surface area (Å²) in [6.07, 6.45) is 3.82. The lowest BCUT2D eigenvalue weighted by Gasteiger charge is -2.38. The molecule has 2 unspecified atom stereocenters. The average molecular weight is 388 g/mol. The fourth-order valence-electron chi connectivity index (χ4n) is 4.14. The predicted octanol–water partition coefficient (Wildman–Crippen LogP) is 2.57. The predicted molar refractivity (Wildman–Crippen MR) is 104 cm³/mol. The van der Waals surface area contributed by atoms with Crippen molar-refractivity contribution in [3.8, 4) is 11.5 Å². The first-order valence-electron chi connectivity index (χ1n) is 9.25. The van der Waals surface area contributed by atoms with Crippen molar-refractivity contribution in [2.75, 3.05) is 39.2 Å². The number of aromatic nitrogens is 2.